The van der Waals surface area contributed by atoms with E-state index in [0.717, 1.165) is 24.9 Å². The van der Waals surface area contributed by atoms with Crippen LogP contribution < -0.4 is 14.9 Å². The molecule has 0 bridgehead atoms. The van der Waals surface area contributed by atoms with E-state index in [2.05, 4.69) is 19.8 Å². The normalized spacial score (nSPS) is 20.7. The Morgan fingerprint density at radius 1 is 1.05 bits per heavy atom. The van der Waals surface area contributed by atoms with Crippen molar-refractivity contribution >= 4 is 39.1 Å². The number of piperazine rings is 1. The molecule has 5 rings (SSSR count). The molecule has 3 amide bonds. The molecular weight excluding hydrogens is 501 g/mol. The summed E-state index contributed by atoms with van der Waals surface area (Å²) < 4.78 is 39.8. The average molecular weight is 530 g/mol. The summed E-state index contributed by atoms with van der Waals surface area (Å²) in [6, 6.07) is 9.16. The fourth-order valence-electron chi connectivity index (χ4n) is 5.19. The highest BCUT2D eigenvalue weighted by molar-refractivity contribution is 7.92. The zero-order chi connectivity index (χ0) is 26.3. The molecular formula is C25H28FN5O5S. The fourth-order valence-corrected chi connectivity index (χ4v) is 5.75. The lowest BCUT2D eigenvalue weighted by Gasteiger charge is -2.37. The van der Waals surface area contributed by atoms with Crippen LogP contribution in [0, 0.1) is 5.82 Å². The van der Waals surface area contributed by atoms with Crippen LogP contribution >= 0.6 is 0 Å². The quantitative estimate of drug-likeness (QED) is 0.541. The molecule has 0 aromatic heterocycles. The third kappa shape index (κ3) is 5.44. The highest BCUT2D eigenvalue weighted by Crippen LogP contribution is 2.35. The zero-order valence-corrected chi connectivity index (χ0v) is 21.2. The Morgan fingerprint density at radius 2 is 1.76 bits per heavy atom. The van der Waals surface area contributed by atoms with E-state index in [0.29, 0.717) is 36.6 Å². The van der Waals surface area contributed by atoms with Crippen molar-refractivity contribution in [3.8, 4) is 0 Å². The van der Waals surface area contributed by atoms with Crippen LogP contribution in [0.5, 0.6) is 0 Å². The van der Waals surface area contributed by atoms with E-state index in [1.165, 1.54) is 17.0 Å². The number of halogens is 1. The first kappa shape index (κ1) is 25.2. The van der Waals surface area contributed by atoms with Crippen LogP contribution in [-0.4, -0.2) is 74.4 Å². The third-order valence-corrected chi connectivity index (χ3v) is 7.58. The van der Waals surface area contributed by atoms with E-state index in [-0.39, 0.29) is 30.9 Å². The molecule has 2 fully saturated rings. The molecule has 37 heavy (non-hydrogen) atoms. The molecule has 2 aromatic carbocycles. The number of nitrogens with zero attached hydrogens (tertiary/aromatic N) is 3. The van der Waals surface area contributed by atoms with Gasteiger partial charge >= 0.3 is 0 Å². The third-order valence-electron chi connectivity index (χ3n) is 6.97. The van der Waals surface area contributed by atoms with E-state index in [1.807, 2.05) is 12.1 Å². The van der Waals surface area contributed by atoms with E-state index < -0.39 is 33.7 Å². The first-order chi connectivity index (χ1) is 17.6. The van der Waals surface area contributed by atoms with Crippen LogP contribution in [0.4, 0.5) is 15.8 Å². The van der Waals surface area contributed by atoms with Crippen molar-refractivity contribution in [1.82, 2.24) is 15.1 Å². The van der Waals surface area contributed by atoms with Crippen LogP contribution in [0.3, 0.4) is 0 Å². The van der Waals surface area contributed by atoms with E-state index in [4.69, 9.17) is 0 Å². The molecule has 0 aliphatic carbocycles. The number of rotatable bonds is 6. The number of carbonyl (C=O) groups excluding carboxylic acids is 3. The summed E-state index contributed by atoms with van der Waals surface area (Å²) in [4.78, 5) is 42.7. The Kier molecular flexibility index (Phi) is 6.63. The molecule has 3 heterocycles. The second-order valence-electron chi connectivity index (χ2n) is 9.69. The van der Waals surface area contributed by atoms with Crippen LogP contribution in [-0.2, 0) is 32.7 Å². The number of hydrogen-bond acceptors (Lipinski definition) is 7. The molecule has 0 spiro atoms. The lowest BCUT2D eigenvalue weighted by atomic mass is 10.0. The highest BCUT2D eigenvalue weighted by atomic mass is 32.2. The van der Waals surface area contributed by atoms with Crippen molar-refractivity contribution in [2.24, 2.45) is 0 Å². The molecule has 0 radical (unpaired) electrons. The van der Waals surface area contributed by atoms with Crippen molar-refractivity contribution in [3.63, 3.8) is 0 Å². The number of carbonyl (C=O) groups is 3. The van der Waals surface area contributed by atoms with E-state index >= 15 is 0 Å². The minimum absolute atomic E-state index is 0.163. The number of hydrogen-bond donors (Lipinski definition) is 2. The molecule has 12 heteroatoms. The standard InChI is InChI=1S/C25H28FN5O5S/c1-37(35,36)28-18-4-2-16(3-5-18)14-29-8-10-30(11-9-29)22-13-17(26)12-19-20(22)15-31(25(19)34)21-6-7-23(32)27-24(21)33/h2-5,12-13,21,28H,6-11,14-15H2,1H3,(H,27,32,33). The van der Waals surface area contributed by atoms with Crippen molar-refractivity contribution in [3.05, 3.63) is 58.9 Å². The second-order valence-corrected chi connectivity index (χ2v) is 11.4. The molecule has 2 N–H and O–H groups in total. The number of anilines is 2. The lowest BCUT2D eigenvalue weighted by Crippen LogP contribution is -2.52. The molecule has 196 valence electrons. The van der Waals surface area contributed by atoms with E-state index in [9.17, 15) is 27.2 Å². The molecule has 0 saturated carbocycles. The largest absolute Gasteiger partial charge is 0.369 e. The number of fused-ring (bicyclic) bond motifs is 1. The maximum absolute atomic E-state index is 14.6. The molecule has 10 nitrogen and oxygen atoms in total. The van der Waals surface area contributed by atoms with Gasteiger partial charge in [-0.15, -0.1) is 0 Å². The molecule has 1 atom stereocenters. The van der Waals surface area contributed by atoms with E-state index in [1.54, 1.807) is 12.1 Å². The van der Waals surface area contributed by atoms with Crippen molar-refractivity contribution in [2.45, 2.75) is 32.0 Å². The Morgan fingerprint density at radius 3 is 2.41 bits per heavy atom. The summed E-state index contributed by atoms with van der Waals surface area (Å²) in [5.74, 6) is -1.74. The minimum atomic E-state index is -3.33. The average Bonchev–Trinajstić information content (AvgIpc) is 3.15. The van der Waals surface area contributed by atoms with Gasteiger partial charge in [0.2, 0.25) is 21.8 Å². The van der Waals surface area contributed by atoms with Crippen LogP contribution in [0.25, 0.3) is 0 Å². The second kappa shape index (κ2) is 9.75. The van der Waals surface area contributed by atoms with Crippen LogP contribution in [0.2, 0.25) is 0 Å². The SMILES string of the molecule is CS(=O)(=O)Nc1ccc(CN2CCN(c3cc(F)cc4c3CN(C3CCC(=O)NC3=O)C4=O)CC2)cc1. The maximum Gasteiger partial charge on any atom is 0.255 e. The van der Waals surface area contributed by atoms with Gasteiger partial charge in [0.15, 0.2) is 0 Å². The summed E-state index contributed by atoms with van der Waals surface area (Å²) >= 11 is 0. The van der Waals surface area contributed by atoms with Crippen LogP contribution in [0.15, 0.2) is 36.4 Å². The predicted octanol–water partition coefficient (Wildman–Crippen LogP) is 1.28. The first-order valence-corrected chi connectivity index (χ1v) is 14.0. The Labute approximate surface area is 214 Å². The van der Waals surface area contributed by atoms with Crippen molar-refractivity contribution in [2.75, 3.05) is 42.1 Å². The number of benzene rings is 2. The van der Waals surface area contributed by atoms with Gasteiger partial charge in [0, 0.05) is 68.2 Å². The zero-order valence-electron chi connectivity index (χ0n) is 20.4. The molecule has 2 aromatic rings. The highest BCUT2D eigenvalue weighted by Gasteiger charge is 2.41. The smallest absolute Gasteiger partial charge is 0.255 e. The first-order valence-electron chi connectivity index (χ1n) is 12.1. The summed E-state index contributed by atoms with van der Waals surface area (Å²) in [5, 5.41) is 2.29. The van der Waals surface area contributed by atoms with Gasteiger partial charge < -0.3 is 9.80 Å². The monoisotopic (exact) mass is 529 g/mol. The number of imide groups is 1. The van der Waals surface area contributed by atoms with Gasteiger partial charge in [-0.05, 0) is 36.2 Å². The fraction of sp³-hybridized carbons (Fsp3) is 0.400. The summed E-state index contributed by atoms with van der Waals surface area (Å²) in [7, 11) is -3.33. The van der Waals surface area contributed by atoms with Gasteiger partial charge in [-0.2, -0.15) is 0 Å². The van der Waals surface area contributed by atoms with Gasteiger partial charge in [-0.25, -0.2) is 12.8 Å². The summed E-state index contributed by atoms with van der Waals surface area (Å²) in [5.41, 5.74) is 3.19. The minimum Gasteiger partial charge on any atom is -0.369 e. The lowest BCUT2D eigenvalue weighted by molar-refractivity contribution is -0.136. The molecule has 1 unspecified atom stereocenters. The number of nitrogens with one attached hydrogen (secondary N) is 2. The Balaban J connectivity index is 1.25. The van der Waals surface area contributed by atoms with Crippen molar-refractivity contribution in [1.29, 1.82) is 0 Å². The van der Waals surface area contributed by atoms with Crippen LogP contribution in [0.1, 0.15) is 34.3 Å². The summed E-state index contributed by atoms with van der Waals surface area (Å²) in [6.45, 7) is 3.60. The molecule has 3 aliphatic rings. The van der Waals surface area contributed by atoms with Gasteiger partial charge in [-0.3, -0.25) is 29.3 Å². The molecule has 3 aliphatic heterocycles. The predicted molar refractivity (Wildman–Crippen MR) is 135 cm³/mol. The Bertz CT molecular complexity index is 1360. The molecule has 2 saturated heterocycles. The van der Waals surface area contributed by atoms with Gasteiger partial charge in [0.05, 0.1) is 6.26 Å². The van der Waals surface area contributed by atoms with Crippen molar-refractivity contribution < 1.29 is 27.2 Å². The number of piperidine rings is 1. The van der Waals surface area contributed by atoms with Gasteiger partial charge in [0.1, 0.15) is 11.9 Å². The number of amides is 3. The Hall–Kier alpha value is -3.51. The van der Waals surface area contributed by atoms with Gasteiger partial charge in [0.25, 0.3) is 5.91 Å². The number of sulfonamides is 1. The topological polar surface area (TPSA) is 119 Å². The maximum atomic E-state index is 14.6. The van der Waals surface area contributed by atoms with Gasteiger partial charge in [-0.1, -0.05) is 12.1 Å². The summed E-state index contributed by atoms with van der Waals surface area (Å²) in [6.07, 6.45) is 1.53.